The van der Waals surface area contributed by atoms with Crippen molar-refractivity contribution in [3.05, 3.63) is 35.2 Å². The van der Waals surface area contributed by atoms with E-state index in [0.29, 0.717) is 5.92 Å². The molecule has 0 aliphatic heterocycles. The Morgan fingerprint density at radius 2 is 1.61 bits per heavy atom. The van der Waals surface area contributed by atoms with Crippen LogP contribution in [0.5, 0.6) is 0 Å². The maximum atomic E-state index is 15.0. The highest BCUT2D eigenvalue weighted by molar-refractivity contribution is 5.99. The molecule has 3 fully saturated rings. The first-order chi connectivity index (χ1) is 15.2. The molecular weight excluding hydrogens is 409 g/mol. The first kappa shape index (κ1) is 23.1. The largest absolute Gasteiger partial charge is 0.291 e. The van der Waals surface area contributed by atoms with E-state index < -0.39 is 16.7 Å². The summed E-state index contributed by atoms with van der Waals surface area (Å²) in [6, 6.07) is 2.64. The maximum absolute atomic E-state index is 15.0. The van der Waals surface area contributed by atoms with Crippen molar-refractivity contribution in [1.29, 1.82) is 5.26 Å². The fourth-order valence-corrected chi connectivity index (χ4v) is 9.22. The molecule has 0 N–H and O–H groups in total. The van der Waals surface area contributed by atoms with Crippen molar-refractivity contribution in [3.8, 4) is 6.07 Å². The number of hydrogen-bond acceptors (Lipinski definition) is 2. The Labute approximate surface area is 199 Å². The standard InChI is InChI=1S/C30H40FNO/c1-25(2)22-10-11-30(7)23(28(22,5)17-21(31)24(25)33)9-8-19-20-16-26(3,18-32)12-13-27(20,4)14-15-29(19,30)6/h8-9,17,20,22H,10-16H2,1-7H3/t20-,22-,26-,27+,28-,29+,30+/m0/s1. The molecule has 0 heterocycles. The average molecular weight is 450 g/mol. The zero-order chi connectivity index (χ0) is 24.2. The lowest BCUT2D eigenvalue weighted by atomic mass is 9.37. The SMILES string of the molecule is CC1(C)C(=O)C(F)=C[C@]2(C)C3=CC=C4[C@@H]5C[C@@](C)(C#N)CC[C@]5(C)CC[C@@]4(C)[C@]3(C)CC[C@@H]12. The average Bonchev–Trinajstić information content (AvgIpc) is 2.74. The molecule has 5 aliphatic carbocycles. The monoisotopic (exact) mass is 449 g/mol. The van der Waals surface area contributed by atoms with E-state index in [1.165, 1.54) is 17.6 Å². The number of rotatable bonds is 0. The summed E-state index contributed by atoms with van der Waals surface area (Å²) in [6.07, 6.45) is 13.7. The minimum absolute atomic E-state index is 0.00113. The van der Waals surface area contributed by atoms with Crippen LogP contribution >= 0.6 is 0 Å². The second kappa shape index (κ2) is 6.50. The van der Waals surface area contributed by atoms with E-state index in [2.05, 4.69) is 52.8 Å². The van der Waals surface area contributed by atoms with Gasteiger partial charge in [-0.15, -0.1) is 0 Å². The molecule has 5 rings (SSSR count). The van der Waals surface area contributed by atoms with E-state index in [1.54, 1.807) is 6.08 Å². The third-order valence-electron chi connectivity index (χ3n) is 11.8. The van der Waals surface area contributed by atoms with Crippen molar-refractivity contribution >= 4 is 5.78 Å². The molecule has 0 aromatic carbocycles. The second-order valence-electron chi connectivity index (χ2n) is 13.9. The Morgan fingerprint density at radius 1 is 0.939 bits per heavy atom. The number of fused-ring (bicyclic) bond motifs is 7. The van der Waals surface area contributed by atoms with E-state index in [9.17, 15) is 10.1 Å². The molecule has 0 aromatic rings. The molecule has 0 unspecified atom stereocenters. The Bertz CT molecular complexity index is 1070. The summed E-state index contributed by atoms with van der Waals surface area (Å²) >= 11 is 0. The number of carbonyl (C=O) groups excluding carboxylic acids is 1. The molecule has 33 heavy (non-hydrogen) atoms. The number of hydrogen-bond donors (Lipinski definition) is 0. The van der Waals surface area contributed by atoms with Crippen LogP contribution in [0.3, 0.4) is 0 Å². The van der Waals surface area contributed by atoms with Gasteiger partial charge in [0.05, 0.1) is 11.5 Å². The molecule has 0 aromatic heterocycles. The highest BCUT2D eigenvalue weighted by Crippen LogP contribution is 2.73. The van der Waals surface area contributed by atoms with Crippen LogP contribution in [-0.4, -0.2) is 5.78 Å². The number of ketones is 1. The fourth-order valence-electron chi connectivity index (χ4n) is 9.22. The molecule has 0 saturated heterocycles. The molecule has 178 valence electrons. The summed E-state index contributed by atoms with van der Waals surface area (Å²) in [4.78, 5) is 12.8. The van der Waals surface area contributed by atoms with Crippen molar-refractivity contribution in [2.75, 3.05) is 0 Å². The highest BCUT2D eigenvalue weighted by atomic mass is 19.1. The van der Waals surface area contributed by atoms with Crippen LogP contribution in [0.25, 0.3) is 0 Å². The summed E-state index contributed by atoms with van der Waals surface area (Å²) in [5.74, 6) is -0.359. The van der Waals surface area contributed by atoms with Gasteiger partial charge in [0.1, 0.15) is 0 Å². The molecule has 0 bridgehead atoms. The highest BCUT2D eigenvalue weighted by Gasteiger charge is 2.66. The van der Waals surface area contributed by atoms with Crippen LogP contribution in [0.2, 0.25) is 0 Å². The fraction of sp³-hybridized carbons (Fsp3) is 0.733. The molecule has 5 aliphatic rings. The van der Waals surface area contributed by atoms with Gasteiger partial charge in [0.15, 0.2) is 11.6 Å². The second-order valence-corrected chi connectivity index (χ2v) is 13.9. The molecule has 0 radical (unpaired) electrons. The van der Waals surface area contributed by atoms with Crippen molar-refractivity contribution in [1.82, 2.24) is 0 Å². The first-order valence-corrected chi connectivity index (χ1v) is 12.9. The lowest BCUT2D eigenvalue weighted by Crippen LogP contribution is -2.59. The Balaban J connectivity index is 1.68. The van der Waals surface area contributed by atoms with E-state index >= 15 is 4.39 Å². The van der Waals surface area contributed by atoms with Crippen LogP contribution in [0.15, 0.2) is 35.2 Å². The van der Waals surface area contributed by atoms with Gasteiger partial charge < -0.3 is 0 Å². The predicted octanol–water partition coefficient (Wildman–Crippen LogP) is 7.87. The van der Waals surface area contributed by atoms with Crippen molar-refractivity contribution < 1.29 is 9.18 Å². The van der Waals surface area contributed by atoms with Crippen molar-refractivity contribution in [3.63, 3.8) is 0 Å². The van der Waals surface area contributed by atoms with Crippen molar-refractivity contribution in [2.24, 2.45) is 44.3 Å². The lowest BCUT2D eigenvalue weighted by molar-refractivity contribution is -0.134. The number of nitriles is 1. The molecule has 2 nitrogen and oxygen atoms in total. The Morgan fingerprint density at radius 3 is 2.27 bits per heavy atom. The molecule has 3 heteroatoms. The van der Waals surface area contributed by atoms with E-state index in [0.717, 1.165) is 38.5 Å². The van der Waals surface area contributed by atoms with Gasteiger partial charge in [-0.3, -0.25) is 4.79 Å². The van der Waals surface area contributed by atoms with Crippen molar-refractivity contribution in [2.45, 2.75) is 93.4 Å². The number of allylic oxidation sites excluding steroid dienone is 6. The van der Waals surface area contributed by atoms with Crippen LogP contribution in [0, 0.1) is 55.7 Å². The van der Waals surface area contributed by atoms with Gasteiger partial charge in [-0.2, -0.15) is 5.26 Å². The smallest absolute Gasteiger partial charge is 0.196 e. The number of halogens is 1. The van der Waals surface area contributed by atoms with Crippen LogP contribution in [0.4, 0.5) is 4.39 Å². The number of Topliss-reactive ketones (excluding diaryl/α,β-unsaturated/α-hetero) is 1. The molecule has 0 amide bonds. The van der Waals surface area contributed by atoms with Crippen LogP contribution in [0.1, 0.15) is 93.4 Å². The van der Waals surface area contributed by atoms with Gasteiger partial charge in [-0.1, -0.05) is 64.8 Å². The van der Waals surface area contributed by atoms with E-state index in [1.807, 2.05) is 13.8 Å². The Hall–Kier alpha value is -1.69. The maximum Gasteiger partial charge on any atom is 0.196 e. The topological polar surface area (TPSA) is 40.9 Å². The van der Waals surface area contributed by atoms with Crippen LogP contribution in [-0.2, 0) is 4.79 Å². The van der Waals surface area contributed by atoms with Gasteiger partial charge in [0, 0.05) is 10.8 Å². The quantitative estimate of drug-likeness (QED) is 0.377. The van der Waals surface area contributed by atoms with Gasteiger partial charge in [0.2, 0.25) is 0 Å². The minimum atomic E-state index is -0.691. The molecule has 7 atom stereocenters. The zero-order valence-electron chi connectivity index (χ0n) is 21.6. The first-order valence-electron chi connectivity index (χ1n) is 12.9. The summed E-state index contributed by atoms with van der Waals surface area (Å²) in [6.45, 7) is 15.5. The van der Waals surface area contributed by atoms with Gasteiger partial charge in [-0.05, 0) is 86.0 Å². The molecular formula is C30H40FNO. The number of carbonyl (C=O) groups is 1. The third kappa shape index (κ3) is 2.67. The Kier molecular flexibility index (Phi) is 4.54. The summed E-state index contributed by atoms with van der Waals surface area (Å²) < 4.78 is 15.0. The molecule has 3 saturated carbocycles. The summed E-state index contributed by atoms with van der Waals surface area (Å²) in [7, 11) is 0. The van der Waals surface area contributed by atoms with E-state index in [-0.39, 0.29) is 33.4 Å². The lowest BCUT2D eigenvalue weighted by Gasteiger charge is -2.67. The minimum Gasteiger partial charge on any atom is -0.291 e. The summed E-state index contributed by atoms with van der Waals surface area (Å²) in [5, 5.41) is 9.93. The third-order valence-corrected chi connectivity index (χ3v) is 11.8. The van der Waals surface area contributed by atoms with Gasteiger partial charge >= 0.3 is 0 Å². The number of nitrogens with zero attached hydrogens (tertiary/aromatic N) is 1. The zero-order valence-corrected chi connectivity index (χ0v) is 21.6. The van der Waals surface area contributed by atoms with Gasteiger partial charge in [-0.25, -0.2) is 4.39 Å². The predicted molar refractivity (Wildman–Crippen MR) is 130 cm³/mol. The van der Waals surface area contributed by atoms with Gasteiger partial charge in [0.25, 0.3) is 0 Å². The van der Waals surface area contributed by atoms with Crippen LogP contribution < -0.4 is 0 Å². The van der Waals surface area contributed by atoms with E-state index in [4.69, 9.17) is 0 Å². The molecule has 0 spiro atoms. The summed E-state index contributed by atoms with van der Waals surface area (Å²) in [5.41, 5.74) is 1.64. The normalized spacial score (nSPS) is 50.4.